The Morgan fingerprint density at radius 1 is 1.17 bits per heavy atom. The molecule has 1 aromatic carbocycles. The molecule has 0 fully saturated rings. The summed E-state index contributed by atoms with van der Waals surface area (Å²) in [6, 6.07) is 10.2. The highest BCUT2D eigenvalue weighted by molar-refractivity contribution is 5.96. The minimum absolute atomic E-state index is 0.382. The number of hydrogen-bond donors (Lipinski definition) is 3. The number of benzene rings is 1. The number of hydroxylamine groups is 1. The van der Waals surface area contributed by atoms with Crippen LogP contribution in [0.15, 0.2) is 60.0 Å². The van der Waals surface area contributed by atoms with Gasteiger partial charge in [0.2, 0.25) is 0 Å². The lowest BCUT2D eigenvalue weighted by molar-refractivity contribution is -0.124. The number of nitrogens with zero attached hydrogens (tertiary/aromatic N) is 2. The molecule has 0 unspecified atom stereocenters. The molecular formula is C16H14N4O3. The average Bonchev–Trinajstić information content (AvgIpc) is 2.60. The second kappa shape index (κ2) is 8.20. The highest BCUT2D eigenvalue weighted by atomic mass is 16.5. The van der Waals surface area contributed by atoms with Gasteiger partial charge in [0, 0.05) is 29.6 Å². The molecule has 2 aromatic rings. The first-order chi connectivity index (χ1) is 11.2. The number of carbonyl (C=O) groups excluding carboxylic acids is 2. The topological polar surface area (TPSA) is 104 Å². The zero-order valence-corrected chi connectivity index (χ0v) is 12.0. The third kappa shape index (κ3) is 5.18. The number of hydrogen-bond acceptors (Lipinski definition) is 5. The van der Waals surface area contributed by atoms with E-state index in [1.165, 1.54) is 17.8 Å². The second-order valence-electron chi connectivity index (χ2n) is 4.42. The number of rotatable bonds is 5. The molecule has 0 bridgehead atoms. The number of carbonyl (C=O) groups is 2. The quantitative estimate of drug-likeness (QED) is 0.336. The lowest BCUT2D eigenvalue weighted by atomic mass is 10.1. The van der Waals surface area contributed by atoms with E-state index in [-0.39, 0.29) is 5.91 Å². The van der Waals surface area contributed by atoms with Crippen LogP contribution in [0.1, 0.15) is 21.5 Å². The van der Waals surface area contributed by atoms with Crippen LogP contribution < -0.4 is 10.9 Å². The van der Waals surface area contributed by atoms with Gasteiger partial charge in [-0.25, -0.2) is 10.9 Å². The van der Waals surface area contributed by atoms with Crippen molar-refractivity contribution < 1.29 is 14.8 Å². The zero-order valence-electron chi connectivity index (χ0n) is 12.0. The van der Waals surface area contributed by atoms with Crippen LogP contribution in [-0.2, 0) is 4.79 Å². The van der Waals surface area contributed by atoms with Gasteiger partial charge in [-0.1, -0.05) is 18.2 Å². The molecule has 0 spiro atoms. The van der Waals surface area contributed by atoms with Gasteiger partial charge in [-0.3, -0.25) is 19.8 Å². The fourth-order valence-corrected chi connectivity index (χ4v) is 1.68. The summed E-state index contributed by atoms with van der Waals surface area (Å²) in [7, 11) is 0. The smallest absolute Gasteiger partial charge is 0.271 e. The Balaban J connectivity index is 2.01. The van der Waals surface area contributed by atoms with Gasteiger partial charge >= 0.3 is 0 Å². The fraction of sp³-hybridized carbons (Fsp3) is 0. The van der Waals surface area contributed by atoms with Crippen LogP contribution in [0.4, 0.5) is 0 Å². The standard InChI is InChI=1S/C16H14N4O3/c21-15(20-23)7-6-12-3-1-5-14(9-12)16(22)19-18-11-13-4-2-8-17-10-13/h1-11,23H,(H,19,22)(H,20,21). The van der Waals surface area contributed by atoms with Crippen molar-refractivity contribution in [2.24, 2.45) is 5.10 Å². The van der Waals surface area contributed by atoms with Crippen LogP contribution in [-0.4, -0.2) is 28.2 Å². The van der Waals surface area contributed by atoms with E-state index in [0.29, 0.717) is 11.1 Å². The normalized spacial score (nSPS) is 10.8. The van der Waals surface area contributed by atoms with E-state index in [1.54, 1.807) is 48.8 Å². The van der Waals surface area contributed by atoms with E-state index in [4.69, 9.17) is 5.21 Å². The van der Waals surface area contributed by atoms with Crippen LogP contribution in [0, 0.1) is 0 Å². The number of hydrazone groups is 1. The SMILES string of the molecule is O=C(C=Cc1cccc(C(=O)NN=Cc2cccnc2)c1)NO. The lowest BCUT2D eigenvalue weighted by Gasteiger charge is -2.01. The van der Waals surface area contributed by atoms with Gasteiger partial charge in [0.1, 0.15) is 0 Å². The Kier molecular flexibility index (Phi) is 5.73. The van der Waals surface area contributed by atoms with Crippen LogP contribution in [0.5, 0.6) is 0 Å². The van der Waals surface area contributed by atoms with Gasteiger partial charge in [0.25, 0.3) is 11.8 Å². The number of pyridine rings is 1. The number of amides is 2. The molecule has 2 amide bonds. The first-order valence-corrected chi connectivity index (χ1v) is 6.64. The summed E-state index contributed by atoms with van der Waals surface area (Å²) < 4.78 is 0. The van der Waals surface area contributed by atoms with Crippen LogP contribution >= 0.6 is 0 Å². The minimum Gasteiger partial charge on any atom is -0.288 e. The maximum Gasteiger partial charge on any atom is 0.271 e. The highest BCUT2D eigenvalue weighted by Crippen LogP contribution is 2.07. The maximum atomic E-state index is 12.0. The van der Waals surface area contributed by atoms with Gasteiger partial charge in [0.05, 0.1) is 6.21 Å². The number of aromatic nitrogens is 1. The molecular weight excluding hydrogens is 296 g/mol. The van der Waals surface area contributed by atoms with E-state index < -0.39 is 5.91 Å². The van der Waals surface area contributed by atoms with Crippen molar-refractivity contribution in [2.45, 2.75) is 0 Å². The lowest BCUT2D eigenvalue weighted by Crippen LogP contribution is -2.17. The van der Waals surface area contributed by atoms with Crippen LogP contribution in [0.25, 0.3) is 6.08 Å². The predicted octanol–water partition coefficient (Wildman–Crippen LogP) is 1.36. The summed E-state index contributed by atoms with van der Waals surface area (Å²) in [5, 5.41) is 12.3. The third-order valence-corrected chi connectivity index (χ3v) is 2.75. The molecule has 0 aliphatic heterocycles. The average molecular weight is 310 g/mol. The molecule has 0 aliphatic carbocycles. The van der Waals surface area contributed by atoms with Crippen LogP contribution in [0.2, 0.25) is 0 Å². The van der Waals surface area contributed by atoms with E-state index >= 15 is 0 Å². The molecule has 3 N–H and O–H groups in total. The molecule has 7 heteroatoms. The van der Waals surface area contributed by atoms with Crippen molar-refractivity contribution in [3.05, 3.63) is 71.6 Å². The Bertz CT molecular complexity index is 742. The molecule has 0 saturated heterocycles. The fourth-order valence-electron chi connectivity index (χ4n) is 1.68. The Morgan fingerprint density at radius 2 is 2.00 bits per heavy atom. The molecule has 2 rings (SSSR count). The maximum absolute atomic E-state index is 12.0. The first kappa shape index (κ1) is 16.1. The van der Waals surface area contributed by atoms with E-state index in [0.717, 1.165) is 11.6 Å². The third-order valence-electron chi connectivity index (χ3n) is 2.75. The van der Waals surface area contributed by atoms with Crippen LogP contribution in [0.3, 0.4) is 0 Å². The summed E-state index contributed by atoms with van der Waals surface area (Å²) in [6.07, 6.45) is 7.37. The molecule has 1 aromatic heterocycles. The first-order valence-electron chi connectivity index (χ1n) is 6.64. The van der Waals surface area contributed by atoms with Crippen molar-refractivity contribution in [3.8, 4) is 0 Å². The van der Waals surface area contributed by atoms with Crippen molar-refractivity contribution in [3.63, 3.8) is 0 Å². The van der Waals surface area contributed by atoms with Gasteiger partial charge in [-0.15, -0.1) is 0 Å². The molecule has 0 atom stereocenters. The zero-order chi connectivity index (χ0) is 16.5. The predicted molar refractivity (Wildman–Crippen MR) is 84.7 cm³/mol. The van der Waals surface area contributed by atoms with Gasteiger partial charge in [0.15, 0.2) is 0 Å². The largest absolute Gasteiger partial charge is 0.288 e. The molecule has 0 saturated carbocycles. The molecule has 116 valence electrons. The summed E-state index contributed by atoms with van der Waals surface area (Å²) in [4.78, 5) is 26.9. The Hall–Kier alpha value is -3.32. The number of nitrogens with one attached hydrogen (secondary N) is 2. The van der Waals surface area contributed by atoms with Crippen molar-refractivity contribution >= 4 is 24.1 Å². The van der Waals surface area contributed by atoms with Gasteiger partial charge < -0.3 is 0 Å². The summed E-state index contributed by atoms with van der Waals surface area (Å²) in [5.41, 5.74) is 5.69. The summed E-state index contributed by atoms with van der Waals surface area (Å²) in [6.45, 7) is 0. The van der Waals surface area contributed by atoms with E-state index in [2.05, 4.69) is 15.5 Å². The van der Waals surface area contributed by atoms with E-state index in [9.17, 15) is 9.59 Å². The monoisotopic (exact) mass is 310 g/mol. The van der Waals surface area contributed by atoms with Crippen molar-refractivity contribution in [1.29, 1.82) is 0 Å². The molecule has 0 aliphatic rings. The molecule has 23 heavy (non-hydrogen) atoms. The van der Waals surface area contributed by atoms with Gasteiger partial charge in [-0.2, -0.15) is 5.10 Å². The summed E-state index contributed by atoms with van der Waals surface area (Å²) in [5.74, 6) is -1.03. The molecule has 7 nitrogen and oxygen atoms in total. The molecule has 1 heterocycles. The minimum atomic E-state index is -0.652. The highest BCUT2D eigenvalue weighted by Gasteiger charge is 2.04. The van der Waals surface area contributed by atoms with Gasteiger partial charge in [-0.05, 0) is 29.8 Å². The van der Waals surface area contributed by atoms with Crippen molar-refractivity contribution in [2.75, 3.05) is 0 Å². The van der Waals surface area contributed by atoms with E-state index in [1.807, 2.05) is 0 Å². The second-order valence-corrected chi connectivity index (χ2v) is 4.42. The molecule has 0 radical (unpaired) electrons. The Morgan fingerprint density at radius 3 is 2.74 bits per heavy atom. The summed E-state index contributed by atoms with van der Waals surface area (Å²) >= 11 is 0. The Labute approximate surface area is 132 Å². The van der Waals surface area contributed by atoms with Crippen molar-refractivity contribution in [1.82, 2.24) is 15.9 Å².